The topological polar surface area (TPSA) is 73.8 Å². The second kappa shape index (κ2) is 9.74. The largest absolute Gasteiger partial charge is 0.357 e. The lowest BCUT2D eigenvalue weighted by Gasteiger charge is -2.26. The van der Waals surface area contributed by atoms with Crippen LogP contribution in [0.4, 0.5) is 0 Å². The van der Waals surface area contributed by atoms with Crippen LogP contribution in [0.2, 0.25) is 0 Å². The molecule has 1 saturated carbocycles. The SMILES string of the molecule is CCNC(=NCCS(=O)(=O)N1CCSCC1)NC1CCCCC1. The van der Waals surface area contributed by atoms with E-state index in [9.17, 15) is 8.42 Å². The van der Waals surface area contributed by atoms with E-state index in [1.54, 1.807) is 4.31 Å². The summed E-state index contributed by atoms with van der Waals surface area (Å²) in [6.45, 7) is 4.40. The molecule has 1 aliphatic carbocycles. The second-order valence-corrected chi connectivity index (χ2v) is 9.38. The van der Waals surface area contributed by atoms with E-state index in [1.807, 2.05) is 18.7 Å². The zero-order chi connectivity index (χ0) is 16.5. The summed E-state index contributed by atoms with van der Waals surface area (Å²) in [4.78, 5) is 4.47. The standard InChI is InChI=1S/C15H30N4O2S2/c1-2-16-15(18-14-6-4-3-5-7-14)17-8-13-23(20,21)19-9-11-22-12-10-19/h14H,2-13H2,1H3,(H2,16,17,18). The van der Waals surface area contributed by atoms with Crippen molar-refractivity contribution in [3.8, 4) is 0 Å². The first-order valence-electron chi connectivity index (χ1n) is 8.72. The van der Waals surface area contributed by atoms with E-state index in [-0.39, 0.29) is 5.75 Å². The van der Waals surface area contributed by atoms with Crippen molar-refractivity contribution >= 4 is 27.7 Å². The Bertz CT molecular complexity index is 470. The summed E-state index contributed by atoms with van der Waals surface area (Å²) < 4.78 is 26.3. The average molecular weight is 363 g/mol. The van der Waals surface area contributed by atoms with Crippen LogP contribution in [-0.4, -0.2) is 68.2 Å². The van der Waals surface area contributed by atoms with Gasteiger partial charge in [-0.05, 0) is 19.8 Å². The van der Waals surface area contributed by atoms with E-state index in [0.717, 1.165) is 24.0 Å². The number of nitrogens with zero attached hydrogens (tertiary/aromatic N) is 2. The Hall–Kier alpha value is -0.470. The van der Waals surface area contributed by atoms with Crippen LogP contribution in [0.3, 0.4) is 0 Å². The van der Waals surface area contributed by atoms with Crippen LogP contribution in [0.1, 0.15) is 39.0 Å². The van der Waals surface area contributed by atoms with Gasteiger partial charge in [0.2, 0.25) is 10.0 Å². The molecule has 2 fully saturated rings. The van der Waals surface area contributed by atoms with Gasteiger partial charge in [0.25, 0.3) is 0 Å². The van der Waals surface area contributed by atoms with Crippen molar-refractivity contribution in [2.45, 2.75) is 45.1 Å². The van der Waals surface area contributed by atoms with Crippen molar-refractivity contribution in [2.24, 2.45) is 4.99 Å². The van der Waals surface area contributed by atoms with Crippen molar-refractivity contribution in [2.75, 3.05) is 43.4 Å². The highest BCUT2D eigenvalue weighted by atomic mass is 32.2. The molecule has 0 aromatic heterocycles. The maximum Gasteiger partial charge on any atom is 0.215 e. The number of hydrogen-bond acceptors (Lipinski definition) is 4. The highest BCUT2D eigenvalue weighted by Crippen LogP contribution is 2.17. The second-order valence-electron chi connectivity index (χ2n) is 6.07. The zero-order valence-electron chi connectivity index (χ0n) is 14.1. The van der Waals surface area contributed by atoms with Gasteiger partial charge in [0.15, 0.2) is 5.96 Å². The van der Waals surface area contributed by atoms with Gasteiger partial charge in [0, 0.05) is 37.2 Å². The van der Waals surface area contributed by atoms with Crippen molar-refractivity contribution in [1.82, 2.24) is 14.9 Å². The van der Waals surface area contributed by atoms with Gasteiger partial charge < -0.3 is 10.6 Å². The summed E-state index contributed by atoms with van der Waals surface area (Å²) in [6.07, 6.45) is 6.19. The minimum absolute atomic E-state index is 0.0961. The fourth-order valence-corrected chi connectivity index (χ4v) is 5.44. The van der Waals surface area contributed by atoms with E-state index in [4.69, 9.17) is 0 Å². The Morgan fingerprint density at radius 2 is 1.91 bits per heavy atom. The summed E-state index contributed by atoms with van der Waals surface area (Å²) in [6, 6.07) is 0.470. The van der Waals surface area contributed by atoms with Crippen LogP contribution in [0.25, 0.3) is 0 Å². The average Bonchev–Trinajstić information content (AvgIpc) is 2.56. The van der Waals surface area contributed by atoms with Gasteiger partial charge in [-0.1, -0.05) is 19.3 Å². The summed E-state index contributed by atoms with van der Waals surface area (Å²) >= 11 is 1.82. The van der Waals surface area contributed by atoms with Crippen LogP contribution < -0.4 is 10.6 Å². The first-order chi connectivity index (χ1) is 11.1. The molecule has 2 aliphatic rings. The van der Waals surface area contributed by atoms with E-state index in [1.165, 1.54) is 32.1 Å². The number of rotatable bonds is 6. The minimum atomic E-state index is -3.17. The van der Waals surface area contributed by atoms with Gasteiger partial charge in [-0.25, -0.2) is 12.7 Å². The van der Waals surface area contributed by atoms with Crippen LogP contribution in [0, 0.1) is 0 Å². The predicted molar refractivity (Wildman–Crippen MR) is 98.7 cm³/mol. The summed E-state index contributed by atoms with van der Waals surface area (Å²) in [7, 11) is -3.17. The molecule has 134 valence electrons. The molecule has 0 atom stereocenters. The number of sulfonamides is 1. The molecule has 6 nitrogen and oxygen atoms in total. The normalized spacial score (nSPS) is 22.0. The van der Waals surface area contributed by atoms with Gasteiger partial charge >= 0.3 is 0 Å². The Kier molecular flexibility index (Phi) is 7.98. The van der Waals surface area contributed by atoms with Gasteiger partial charge in [-0.15, -0.1) is 0 Å². The summed E-state index contributed by atoms with van der Waals surface area (Å²) in [5, 5.41) is 6.67. The van der Waals surface area contributed by atoms with Crippen molar-refractivity contribution in [3.63, 3.8) is 0 Å². The molecule has 0 unspecified atom stereocenters. The molecule has 0 radical (unpaired) electrons. The smallest absolute Gasteiger partial charge is 0.215 e. The maximum atomic E-state index is 12.3. The van der Waals surface area contributed by atoms with E-state index in [2.05, 4.69) is 15.6 Å². The van der Waals surface area contributed by atoms with E-state index < -0.39 is 10.0 Å². The molecule has 1 aliphatic heterocycles. The fraction of sp³-hybridized carbons (Fsp3) is 0.933. The Morgan fingerprint density at radius 3 is 2.57 bits per heavy atom. The number of nitrogens with one attached hydrogen (secondary N) is 2. The highest BCUT2D eigenvalue weighted by Gasteiger charge is 2.23. The molecule has 0 amide bonds. The van der Waals surface area contributed by atoms with Crippen LogP contribution in [0.5, 0.6) is 0 Å². The summed E-state index contributed by atoms with van der Waals surface area (Å²) in [5.74, 6) is 2.64. The lowest BCUT2D eigenvalue weighted by Crippen LogP contribution is -2.44. The van der Waals surface area contributed by atoms with Gasteiger partial charge in [-0.3, -0.25) is 4.99 Å². The number of hydrogen-bond donors (Lipinski definition) is 2. The number of aliphatic imine (C=N–C) groups is 1. The van der Waals surface area contributed by atoms with E-state index >= 15 is 0 Å². The maximum absolute atomic E-state index is 12.3. The first kappa shape index (κ1) is 18.9. The van der Waals surface area contributed by atoms with Gasteiger partial charge in [0.05, 0.1) is 12.3 Å². The third kappa shape index (κ3) is 6.51. The van der Waals surface area contributed by atoms with Crippen LogP contribution >= 0.6 is 11.8 Å². The lowest BCUT2D eigenvalue weighted by molar-refractivity contribution is 0.410. The minimum Gasteiger partial charge on any atom is -0.357 e. The molecule has 23 heavy (non-hydrogen) atoms. The van der Waals surface area contributed by atoms with Crippen LogP contribution in [0.15, 0.2) is 4.99 Å². The molecular formula is C15H30N4O2S2. The third-order valence-corrected chi connectivity index (χ3v) is 7.07. The van der Waals surface area contributed by atoms with Crippen LogP contribution in [-0.2, 0) is 10.0 Å². The third-order valence-electron chi connectivity index (χ3n) is 4.27. The highest BCUT2D eigenvalue weighted by molar-refractivity contribution is 7.99. The quantitative estimate of drug-likeness (QED) is 0.550. The molecule has 1 heterocycles. The molecule has 2 rings (SSSR count). The predicted octanol–water partition coefficient (Wildman–Crippen LogP) is 1.25. The molecule has 2 N–H and O–H groups in total. The van der Waals surface area contributed by atoms with Crippen molar-refractivity contribution in [3.05, 3.63) is 0 Å². The van der Waals surface area contributed by atoms with Crippen molar-refractivity contribution < 1.29 is 8.42 Å². The van der Waals surface area contributed by atoms with Gasteiger partial charge in [0.1, 0.15) is 0 Å². The number of guanidine groups is 1. The molecule has 0 spiro atoms. The fourth-order valence-electron chi connectivity index (χ4n) is 2.99. The Morgan fingerprint density at radius 1 is 1.22 bits per heavy atom. The summed E-state index contributed by atoms with van der Waals surface area (Å²) in [5.41, 5.74) is 0. The Labute approximate surface area is 144 Å². The van der Waals surface area contributed by atoms with E-state index in [0.29, 0.717) is 25.7 Å². The van der Waals surface area contributed by atoms with Gasteiger partial charge in [-0.2, -0.15) is 11.8 Å². The first-order valence-corrected chi connectivity index (χ1v) is 11.5. The monoisotopic (exact) mass is 362 g/mol. The Balaban J connectivity index is 1.83. The molecule has 0 aromatic rings. The number of thioether (sulfide) groups is 1. The molecule has 1 saturated heterocycles. The van der Waals surface area contributed by atoms with Crippen molar-refractivity contribution in [1.29, 1.82) is 0 Å². The molecule has 0 aromatic carbocycles. The lowest BCUT2D eigenvalue weighted by atomic mass is 9.96. The molecule has 8 heteroatoms. The zero-order valence-corrected chi connectivity index (χ0v) is 15.7. The molecule has 0 bridgehead atoms. The molecular weight excluding hydrogens is 332 g/mol.